The largest absolute Gasteiger partial charge is 0.495 e. The number of nitrogens with zero attached hydrogens (tertiary/aromatic N) is 3. The first-order chi connectivity index (χ1) is 21.6. The van der Waals surface area contributed by atoms with E-state index < -0.39 is 30.5 Å². The molecule has 2 aromatic carbocycles. The van der Waals surface area contributed by atoms with E-state index >= 15 is 0 Å². The van der Waals surface area contributed by atoms with Gasteiger partial charge in [0.15, 0.2) is 0 Å². The Morgan fingerprint density at radius 3 is 2.50 bits per heavy atom. The molecular weight excluding hydrogens is 622 g/mol. The fourth-order valence-electron chi connectivity index (χ4n) is 6.04. The van der Waals surface area contributed by atoms with Crippen molar-refractivity contribution in [2.45, 2.75) is 63.4 Å². The number of methoxy groups -OCH3 is 1. The quantitative estimate of drug-likeness (QED) is 0.125. The van der Waals surface area contributed by atoms with E-state index in [0.29, 0.717) is 53.4 Å². The maximum absolute atomic E-state index is 14.2. The van der Waals surface area contributed by atoms with Crippen LogP contribution in [0.5, 0.6) is 11.6 Å². The highest BCUT2D eigenvalue weighted by atomic mass is 31.2. The first-order valence-electron chi connectivity index (χ1n) is 15.0. The van der Waals surface area contributed by atoms with Gasteiger partial charge >= 0.3 is 6.18 Å². The molecule has 1 unspecified atom stereocenters. The lowest BCUT2D eigenvalue weighted by Crippen LogP contribution is -2.29. The molecule has 5 rings (SSSR count). The van der Waals surface area contributed by atoms with Crippen molar-refractivity contribution < 1.29 is 37.2 Å². The van der Waals surface area contributed by atoms with Crippen LogP contribution in [0.3, 0.4) is 0 Å². The number of anilines is 4. The van der Waals surface area contributed by atoms with Crippen LogP contribution >= 0.6 is 7.37 Å². The van der Waals surface area contributed by atoms with Crippen molar-refractivity contribution in [2.24, 2.45) is 7.05 Å². The van der Waals surface area contributed by atoms with Crippen molar-refractivity contribution in [1.29, 1.82) is 0 Å². The summed E-state index contributed by atoms with van der Waals surface area (Å²) in [7, 11) is 0.235. The second-order valence-electron chi connectivity index (χ2n) is 12.2. The van der Waals surface area contributed by atoms with Crippen molar-refractivity contribution in [2.75, 3.05) is 31.0 Å². The Morgan fingerprint density at radius 1 is 1.15 bits per heavy atom. The molecule has 0 aliphatic heterocycles. The summed E-state index contributed by atoms with van der Waals surface area (Å²) in [4.78, 5) is 8.11. The molecule has 0 bridgehead atoms. The normalized spacial score (nSPS) is 20.0. The van der Waals surface area contributed by atoms with E-state index in [1.807, 2.05) is 13.0 Å². The van der Waals surface area contributed by atoms with Crippen molar-refractivity contribution in [3.05, 3.63) is 59.4 Å². The molecule has 1 aliphatic carbocycles. The first-order valence-corrected chi connectivity index (χ1v) is 17.3. The van der Waals surface area contributed by atoms with Gasteiger partial charge in [0.25, 0.3) is 0 Å². The van der Waals surface area contributed by atoms with Gasteiger partial charge in [0, 0.05) is 37.7 Å². The number of aliphatic hydroxyl groups is 1. The summed E-state index contributed by atoms with van der Waals surface area (Å²) in [6.07, 6.45) is 0.620. The molecule has 0 saturated heterocycles. The second kappa shape index (κ2) is 12.8. The number of aromatic nitrogens is 3. The van der Waals surface area contributed by atoms with Crippen LogP contribution in [-0.4, -0.2) is 50.7 Å². The monoisotopic (exact) mass is 661 g/mol. The van der Waals surface area contributed by atoms with Gasteiger partial charge in [-0.2, -0.15) is 18.2 Å². The van der Waals surface area contributed by atoms with Crippen LogP contribution in [0.1, 0.15) is 62.1 Å². The van der Waals surface area contributed by atoms with Gasteiger partial charge in [-0.15, -0.1) is 0 Å². The smallest absolute Gasteiger partial charge is 0.421 e. The lowest BCUT2D eigenvalue weighted by Gasteiger charge is -2.33. The van der Waals surface area contributed by atoms with Crippen LogP contribution in [0.15, 0.2) is 42.7 Å². The summed E-state index contributed by atoms with van der Waals surface area (Å²) in [6.45, 7) is 5.46. The van der Waals surface area contributed by atoms with Gasteiger partial charge in [-0.1, -0.05) is 12.1 Å². The van der Waals surface area contributed by atoms with E-state index in [4.69, 9.17) is 9.26 Å². The van der Waals surface area contributed by atoms with Crippen LogP contribution in [-0.2, 0) is 28.5 Å². The zero-order chi connectivity index (χ0) is 33.4. The molecule has 1 saturated carbocycles. The molecule has 0 amide bonds. The third kappa shape index (κ3) is 7.27. The van der Waals surface area contributed by atoms with E-state index in [1.54, 1.807) is 51.1 Å². The number of benzene rings is 2. The molecule has 1 fully saturated rings. The van der Waals surface area contributed by atoms with Crippen molar-refractivity contribution >= 4 is 41.3 Å². The maximum Gasteiger partial charge on any atom is 0.421 e. The van der Waals surface area contributed by atoms with Gasteiger partial charge in [0.05, 0.1) is 36.1 Å². The molecular formula is C32H39F3N5O5P. The highest BCUT2D eigenvalue weighted by molar-refractivity contribution is 7.57. The lowest BCUT2D eigenvalue weighted by atomic mass is 9.76. The minimum Gasteiger partial charge on any atom is -0.495 e. The van der Waals surface area contributed by atoms with E-state index in [1.165, 1.54) is 11.7 Å². The van der Waals surface area contributed by atoms with Gasteiger partial charge in [0.2, 0.25) is 19.2 Å². The number of aromatic hydroxyl groups is 1. The molecule has 46 heavy (non-hydrogen) atoms. The minimum atomic E-state index is -4.77. The molecule has 1 aliphatic rings. The predicted molar refractivity (Wildman–Crippen MR) is 172 cm³/mol. The predicted octanol–water partition coefficient (Wildman–Crippen LogP) is 8.04. The van der Waals surface area contributed by atoms with Crippen molar-refractivity contribution in [3.8, 4) is 11.6 Å². The molecule has 4 aromatic rings. The summed E-state index contributed by atoms with van der Waals surface area (Å²) in [5.74, 6) is -0.257. The molecule has 2 heterocycles. The van der Waals surface area contributed by atoms with Gasteiger partial charge in [-0.05, 0) is 74.8 Å². The molecule has 248 valence electrons. The Balaban J connectivity index is 1.49. The van der Waals surface area contributed by atoms with E-state index in [2.05, 4.69) is 20.6 Å². The number of halogens is 3. The molecule has 4 N–H and O–H groups in total. The van der Waals surface area contributed by atoms with E-state index in [9.17, 15) is 27.9 Å². The fourth-order valence-corrected chi connectivity index (χ4v) is 7.54. The molecule has 1 atom stereocenters. The SMILES string of the molecule is CCOP(C)(=O)Cc1ccc(Nc2ncc(C(F)(F)F)c(Nc3ccc(C4CCC(C)(O)CC4)c4cn(C)c(O)c34)n2)c(OC)c1. The van der Waals surface area contributed by atoms with Crippen molar-refractivity contribution in [3.63, 3.8) is 0 Å². The summed E-state index contributed by atoms with van der Waals surface area (Å²) in [6, 6.07) is 8.53. The third-order valence-corrected chi connectivity index (χ3v) is 10.1. The topological polar surface area (TPSA) is 131 Å². The Bertz CT molecular complexity index is 1780. The van der Waals surface area contributed by atoms with Crippen LogP contribution in [0.4, 0.5) is 36.3 Å². The zero-order valence-electron chi connectivity index (χ0n) is 26.4. The Hall–Kier alpha value is -3.80. The number of rotatable bonds is 10. The van der Waals surface area contributed by atoms with Gasteiger partial charge < -0.3 is 34.7 Å². The summed E-state index contributed by atoms with van der Waals surface area (Å²) in [5.41, 5.74) is 0.485. The second-order valence-corrected chi connectivity index (χ2v) is 14.8. The van der Waals surface area contributed by atoms with Crippen molar-refractivity contribution in [1.82, 2.24) is 14.5 Å². The first kappa shape index (κ1) is 33.6. The number of nitrogens with one attached hydrogen (secondary N) is 2. The lowest BCUT2D eigenvalue weighted by molar-refractivity contribution is -0.137. The van der Waals surface area contributed by atoms with Gasteiger partial charge in [0.1, 0.15) is 17.1 Å². The van der Waals surface area contributed by atoms with E-state index in [0.717, 1.165) is 18.4 Å². The maximum atomic E-state index is 14.2. The molecule has 2 aromatic heterocycles. The summed E-state index contributed by atoms with van der Waals surface area (Å²) >= 11 is 0. The fraction of sp³-hybridized carbons (Fsp3) is 0.438. The zero-order valence-corrected chi connectivity index (χ0v) is 27.3. The van der Waals surface area contributed by atoms with Crippen LogP contribution in [0.25, 0.3) is 10.8 Å². The average molecular weight is 662 g/mol. The molecule has 10 nitrogen and oxygen atoms in total. The number of hydrogen-bond acceptors (Lipinski definition) is 9. The Labute approximate surface area is 265 Å². The number of aryl methyl sites for hydroxylation is 1. The number of alkyl halides is 3. The number of hydrogen-bond donors (Lipinski definition) is 4. The average Bonchev–Trinajstić information content (AvgIpc) is 3.27. The number of fused-ring (bicyclic) bond motifs is 1. The number of ether oxygens (including phenoxy) is 1. The van der Waals surface area contributed by atoms with E-state index in [-0.39, 0.29) is 29.6 Å². The summed E-state index contributed by atoms with van der Waals surface area (Å²) < 4.78 is 67.5. The van der Waals surface area contributed by atoms with Gasteiger partial charge in [-0.25, -0.2) is 4.98 Å². The minimum absolute atomic E-state index is 0.103. The molecule has 0 spiro atoms. The van der Waals surface area contributed by atoms with Gasteiger partial charge in [-0.3, -0.25) is 4.57 Å². The highest BCUT2D eigenvalue weighted by Crippen LogP contribution is 2.48. The highest BCUT2D eigenvalue weighted by Gasteiger charge is 2.36. The van der Waals surface area contributed by atoms with Crippen LogP contribution in [0.2, 0.25) is 0 Å². The Kier molecular flexibility index (Phi) is 9.32. The Morgan fingerprint density at radius 2 is 1.85 bits per heavy atom. The molecule has 14 heteroatoms. The summed E-state index contributed by atoms with van der Waals surface area (Å²) in [5, 5.41) is 28.3. The van der Waals surface area contributed by atoms with Crippen LogP contribution in [0, 0.1) is 0 Å². The standard InChI is InChI=1S/C32H39F3N5O5P/c1-6-45-46(5,43)18-19-7-9-24(26(15-19)44-4)38-30-36-16-23(32(33,34)35)28(39-30)37-25-10-8-21(20-11-13-31(2,42)14-12-20)22-17-40(3)29(41)27(22)25/h7-10,15-17,20,41-42H,6,11-14,18H2,1-5H3,(H2,36,37,38,39). The molecule has 0 radical (unpaired) electrons. The van der Waals surface area contributed by atoms with Crippen LogP contribution < -0.4 is 15.4 Å². The third-order valence-electron chi connectivity index (χ3n) is 8.39.